The Labute approximate surface area is 137 Å². The lowest BCUT2D eigenvalue weighted by atomic mass is 9.82. The van der Waals surface area contributed by atoms with Crippen LogP contribution in [-0.2, 0) is 11.3 Å². The Bertz CT molecular complexity index is 736. The van der Waals surface area contributed by atoms with Crippen LogP contribution in [0.2, 0.25) is 0 Å². The van der Waals surface area contributed by atoms with Crippen LogP contribution in [0.1, 0.15) is 23.6 Å². The van der Waals surface area contributed by atoms with Gasteiger partial charge in [0.2, 0.25) is 0 Å². The molecule has 1 N–H and O–H groups in total. The van der Waals surface area contributed by atoms with Gasteiger partial charge in [0.25, 0.3) is 0 Å². The number of rotatable bonds is 4. The number of benzene rings is 1. The van der Waals surface area contributed by atoms with E-state index in [9.17, 15) is 5.11 Å². The topological polar surface area (TPSA) is 42.4 Å². The number of hydrogen-bond donors (Lipinski definition) is 1. The van der Waals surface area contributed by atoms with Gasteiger partial charge in [0.1, 0.15) is 0 Å². The molecule has 0 spiro atoms. The molecular formula is C20H21NO2. The van der Waals surface area contributed by atoms with Crippen molar-refractivity contribution in [3.63, 3.8) is 0 Å². The third-order valence-corrected chi connectivity index (χ3v) is 4.37. The summed E-state index contributed by atoms with van der Waals surface area (Å²) in [5.41, 5.74) is 4.41. The molecule has 0 saturated heterocycles. The minimum Gasteiger partial charge on any atom is -0.362 e. The second-order valence-corrected chi connectivity index (χ2v) is 5.91. The second-order valence-electron chi connectivity index (χ2n) is 5.91. The zero-order valence-corrected chi connectivity index (χ0v) is 13.4. The fourth-order valence-corrected chi connectivity index (χ4v) is 2.87. The van der Waals surface area contributed by atoms with Gasteiger partial charge in [-0.15, -0.1) is 0 Å². The molecule has 0 radical (unpaired) electrons. The number of hydrogen-bond acceptors (Lipinski definition) is 3. The van der Waals surface area contributed by atoms with E-state index < -0.39 is 5.79 Å². The molecule has 0 aliphatic heterocycles. The van der Waals surface area contributed by atoms with Crippen molar-refractivity contribution in [1.82, 2.24) is 4.98 Å². The Morgan fingerprint density at radius 2 is 1.91 bits per heavy atom. The molecule has 1 aliphatic rings. The molecule has 1 heterocycles. The molecule has 3 nitrogen and oxygen atoms in total. The van der Waals surface area contributed by atoms with E-state index in [4.69, 9.17) is 4.74 Å². The van der Waals surface area contributed by atoms with E-state index >= 15 is 0 Å². The first-order valence-corrected chi connectivity index (χ1v) is 7.81. The summed E-state index contributed by atoms with van der Waals surface area (Å²) in [6, 6.07) is 12.0. The Balaban J connectivity index is 1.81. The molecular weight excluding hydrogens is 286 g/mol. The summed E-state index contributed by atoms with van der Waals surface area (Å²) in [5.74, 6) is -1.47. The molecule has 2 unspecified atom stereocenters. The molecule has 118 valence electrons. The van der Waals surface area contributed by atoms with Gasteiger partial charge in [0, 0.05) is 18.3 Å². The number of allylic oxidation sites excluding steroid dienone is 2. The quantitative estimate of drug-likeness (QED) is 0.872. The maximum atomic E-state index is 11.0. The summed E-state index contributed by atoms with van der Waals surface area (Å²) in [4.78, 5) is 3.99. The van der Waals surface area contributed by atoms with Crippen LogP contribution in [0.3, 0.4) is 0 Å². The van der Waals surface area contributed by atoms with Gasteiger partial charge in [0.05, 0.1) is 6.61 Å². The molecule has 2 aromatic rings. The average molecular weight is 307 g/mol. The second kappa shape index (κ2) is 6.49. The standard InChI is InChI=1S/C20H21NO2/c1-15-6-3-4-7-18(15)19-8-5-11-20(22,16(19)2)23-14-17-9-12-21-13-10-17/h3-13,16,22H,14H2,1-2H3. The zero-order valence-electron chi connectivity index (χ0n) is 13.4. The first-order valence-electron chi connectivity index (χ1n) is 7.81. The van der Waals surface area contributed by atoms with Crippen LogP contribution < -0.4 is 0 Å². The van der Waals surface area contributed by atoms with Crippen LogP contribution in [0.5, 0.6) is 0 Å². The molecule has 3 rings (SSSR count). The normalized spacial score (nSPS) is 23.6. The highest BCUT2D eigenvalue weighted by atomic mass is 16.6. The molecule has 1 aliphatic carbocycles. The average Bonchev–Trinajstić information content (AvgIpc) is 2.58. The van der Waals surface area contributed by atoms with Gasteiger partial charge >= 0.3 is 0 Å². The highest BCUT2D eigenvalue weighted by Crippen LogP contribution is 2.38. The number of aromatic nitrogens is 1. The largest absolute Gasteiger partial charge is 0.362 e. The Hall–Kier alpha value is -2.23. The molecule has 0 amide bonds. The highest BCUT2D eigenvalue weighted by molar-refractivity contribution is 5.73. The highest BCUT2D eigenvalue weighted by Gasteiger charge is 2.37. The summed E-state index contributed by atoms with van der Waals surface area (Å²) in [6.07, 6.45) is 9.09. The minimum absolute atomic E-state index is 0.157. The summed E-state index contributed by atoms with van der Waals surface area (Å²) in [7, 11) is 0. The van der Waals surface area contributed by atoms with Gasteiger partial charge in [-0.05, 0) is 47.4 Å². The van der Waals surface area contributed by atoms with Gasteiger partial charge in [0.15, 0.2) is 5.79 Å². The predicted octanol–water partition coefficient (Wildman–Crippen LogP) is 3.88. The van der Waals surface area contributed by atoms with Crippen molar-refractivity contribution in [3.8, 4) is 0 Å². The lowest BCUT2D eigenvalue weighted by Crippen LogP contribution is -2.39. The number of pyridine rings is 1. The van der Waals surface area contributed by atoms with Crippen molar-refractivity contribution in [2.75, 3.05) is 0 Å². The van der Waals surface area contributed by atoms with Crippen LogP contribution in [0.25, 0.3) is 5.57 Å². The lowest BCUT2D eigenvalue weighted by molar-refractivity contribution is -0.194. The molecule has 2 atom stereocenters. The molecule has 3 heteroatoms. The monoisotopic (exact) mass is 307 g/mol. The van der Waals surface area contributed by atoms with Crippen LogP contribution in [0.4, 0.5) is 0 Å². The molecule has 1 aromatic heterocycles. The lowest BCUT2D eigenvalue weighted by Gasteiger charge is -2.35. The Morgan fingerprint density at radius 1 is 1.17 bits per heavy atom. The molecule has 0 bridgehead atoms. The van der Waals surface area contributed by atoms with Gasteiger partial charge in [-0.2, -0.15) is 0 Å². The van der Waals surface area contributed by atoms with Crippen molar-refractivity contribution in [3.05, 3.63) is 83.7 Å². The van der Waals surface area contributed by atoms with E-state index in [1.54, 1.807) is 18.5 Å². The van der Waals surface area contributed by atoms with Crippen LogP contribution in [0, 0.1) is 12.8 Å². The van der Waals surface area contributed by atoms with Gasteiger partial charge < -0.3 is 9.84 Å². The van der Waals surface area contributed by atoms with Crippen molar-refractivity contribution in [1.29, 1.82) is 0 Å². The van der Waals surface area contributed by atoms with Crippen molar-refractivity contribution >= 4 is 5.57 Å². The number of nitrogens with zero attached hydrogens (tertiary/aromatic N) is 1. The van der Waals surface area contributed by atoms with Crippen LogP contribution in [-0.4, -0.2) is 15.9 Å². The Morgan fingerprint density at radius 3 is 2.65 bits per heavy atom. The minimum atomic E-state index is -1.31. The fraction of sp³-hybridized carbons (Fsp3) is 0.250. The van der Waals surface area contributed by atoms with Gasteiger partial charge in [-0.3, -0.25) is 4.98 Å². The number of ether oxygens (including phenoxy) is 1. The molecule has 0 saturated carbocycles. The predicted molar refractivity (Wildman–Crippen MR) is 91.4 cm³/mol. The zero-order chi connectivity index (χ0) is 16.3. The van der Waals surface area contributed by atoms with E-state index in [-0.39, 0.29) is 5.92 Å². The number of aliphatic hydroxyl groups is 1. The summed E-state index contributed by atoms with van der Waals surface area (Å²) in [5, 5.41) is 11.0. The summed E-state index contributed by atoms with van der Waals surface area (Å²) in [6.45, 7) is 4.42. The molecule has 0 fully saturated rings. The first-order chi connectivity index (χ1) is 11.1. The van der Waals surface area contributed by atoms with Crippen LogP contribution >= 0.6 is 0 Å². The van der Waals surface area contributed by atoms with E-state index in [1.165, 1.54) is 5.56 Å². The maximum Gasteiger partial charge on any atom is 0.192 e. The number of aryl methyl sites for hydroxylation is 1. The summed E-state index contributed by atoms with van der Waals surface area (Å²) >= 11 is 0. The van der Waals surface area contributed by atoms with Gasteiger partial charge in [-0.1, -0.05) is 43.3 Å². The van der Waals surface area contributed by atoms with Crippen molar-refractivity contribution in [2.45, 2.75) is 26.2 Å². The Kier molecular flexibility index (Phi) is 4.42. The van der Waals surface area contributed by atoms with Crippen LogP contribution in [0.15, 0.2) is 67.0 Å². The van der Waals surface area contributed by atoms with E-state index in [0.29, 0.717) is 6.61 Å². The van der Waals surface area contributed by atoms with Crippen molar-refractivity contribution in [2.24, 2.45) is 5.92 Å². The smallest absolute Gasteiger partial charge is 0.192 e. The van der Waals surface area contributed by atoms with Gasteiger partial charge in [-0.25, -0.2) is 0 Å². The molecule has 1 aromatic carbocycles. The first kappa shape index (κ1) is 15.7. The SMILES string of the molecule is Cc1ccccc1C1=CC=CC(O)(OCc2ccncc2)C1C. The molecule has 23 heavy (non-hydrogen) atoms. The fourth-order valence-electron chi connectivity index (χ4n) is 2.87. The summed E-state index contributed by atoms with van der Waals surface area (Å²) < 4.78 is 5.86. The maximum absolute atomic E-state index is 11.0. The third kappa shape index (κ3) is 3.26. The van der Waals surface area contributed by atoms with Crippen molar-refractivity contribution < 1.29 is 9.84 Å². The van der Waals surface area contributed by atoms with E-state index in [0.717, 1.165) is 16.7 Å². The van der Waals surface area contributed by atoms with E-state index in [2.05, 4.69) is 30.1 Å². The third-order valence-electron chi connectivity index (χ3n) is 4.37. The van der Waals surface area contributed by atoms with E-state index in [1.807, 2.05) is 37.3 Å².